The van der Waals surface area contributed by atoms with Crippen LogP contribution in [0.3, 0.4) is 0 Å². The van der Waals surface area contributed by atoms with E-state index in [-0.39, 0.29) is 17.9 Å². The lowest BCUT2D eigenvalue weighted by Gasteiger charge is -2.47. The molecule has 0 aliphatic carbocycles. The van der Waals surface area contributed by atoms with Gasteiger partial charge in [0.25, 0.3) is 0 Å². The van der Waals surface area contributed by atoms with Crippen LogP contribution in [0.15, 0.2) is 72.9 Å². The molecule has 0 spiro atoms. The Kier molecular flexibility index (Phi) is 5.42. The molecular formula is C27H26N2O4. The van der Waals surface area contributed by atoms with Crippen molar-refractivity contribution in [3.63, 3.8) is 0 Å². The van der Waals surface area contributed by atoms with E-state index in [2.05, 4.69) is 11.1 Å². The first-order valence-corrected chi connectivity index (χ1v) is 11.0. The van der Waals surface area contributed by atoms with Crippen LogP contribution in [-0.4, -0.2) is 31.7 Å². The number of para-hydroxylation sites is 1. The van der Waals surface area contributed by atoms with Crippen molar-refractivity contribution in [1.82, 2.24) is 4.98 Å². The Labute approximate surface area is 192 Å². The molecule has 1 saturated heterocycles. The van der Waals surface area contributed by atoms with Crippen molar-refractivity contribution < 1.29 is 19.0 Å². The summed E-state index contributed by atoms with van der Waals surface area (Å²) >= 11 is 0. The third-order valence-electron chi connectivity index (χ3n) is 6.23. The van der Waals surface area contributed by atoms with Crippen molar-refractivity contribution in [2.45, 2.75) is 18.9 Å². The Morgan fingerprint density at radius 1 is 0.939 bits per heavy atom. The maximum Gasteiger partial charge on any atom is 0.237 e. The minimum absolute atomic E-state index is 0.0590. The van der Waals surface area contributed by atoms with Gasteiger partial charge in [0, 0.05) is 22.8 Å². The highest BCUT2D eigenvalue weighted by atomic mass is 16.5. The van der Waals surface area contributed by atoms with Crippen LogP contribution in [0.25, 0.3) is 10.9 Å². The van der Waals surface area contributed by atoms with Crippen LogP contribution in [0.5, 0.6) is 17.2 Å². The van der Waals surface area contributed by atoms with Gasteiger partial charge in [0.05, 0.1) is 32.8 Å². The molecular weight excluding hydrogens is 416 g/mol. The number of methoxy groups -OCH3 is 2. The maximum atomic E-state index is 13.6. The van der Waals surface area contributed by atoms with Crippen LogP contribution in [-0.2, 0) is 4.79 Å². The van der Waals surface area contributed by atoms with Crippen molar-refractivity contribution in [2.75, 3.05) is 25.7 Å². The summed E-state index contributed by atoms with van der Waals surface area (Å²) in [5.74, 6) is 1.82. The number of carbonyl (C=O) groups excluding carboxylic acids is 1. The lowest BCUT2D eigenvalue weighted by molar-refractivity contribution is -0.126. The molecule has 2 atom stereocenters. The van der Waals surface area contributed by atoms with Gasteiger partial charge in [-0.15, -0.1) is 0 Å². The topological polar surface area (TPSA) is 63.8 Å². The first-order valence-electron chi connectivity index (χ1n) is 11.0. The van der Waals surface area contributed by atoms with Gasteiger partial charge in [-0.3, -0.25) is 4.79 Å². The number of carbonyl (C=O) groups is 1. The Balaban J connectivity index is 1.60. The van der Waals surface area contributed by atoms with Gasteiger partial charge in [-0.1, -0.05) is 24.3 Å². The van der Waals surface area contributed by atoms with Crippen molar-refractivity contribution in [2.24, 2.45) is 0 Å². The van der Waals surface area contributed by atoms with Gasteiger partial charge in [-0.25, -0.2) is 0 Å². The first kappa shape index (κ1) is 20.9. The number of nitrogens with one attached hydrogen (secondary N) is 1. The third kappa shape index (κ3) is 3.48. The Morgan fingerprint density at radius 2 is 1.70 bits per heavy atom. The molecule has 3 aromatic carbocycles. The SMILES string of the molecule is CCOc1ccc(N2C(=O)C(c3c[nH]c4ccccc34)C2c2ccc(OC)c(OC)c2)cc1. The minimum Gasteiger partial charge on any atom is -0.494 e. The van der Waals surface area contributed by atoms with Crippen molar-refractivity contribution in [1.29, 1.82) is 0 Å². The number of rotatable bonds is 7. The molecule has 2 heterocycles. The number of aromatic nitrogens is 1. The lowest BCUT2D eigenvalue weighted by atomic mass is 9.77. The van der Waals surface area contributed by atoms with Crippen LogP contribution in [0, 0.1) is 0 Å². The van der Waals surface area contributed by atoms with Crippen molar-refractivity contribution in [3.05, 3.63) is 84.1 Å². The van der Waals surface area contributed by atoms with Gasteiger partial charge in [-0.05, 0) is 60.5 Å². The Morgan fingerprint density at radius 3 is 2.42 bits per heavy atom. The first-order chi connectivity index (χ1) is 16.2. The number of hydrogen-bond acceptors (Lipinski definition) is 4. The quantitative estimate of drug-likeness (QED) is 0.386. The van der Waals surface area contributed by atoms with Gasteiger partial charge in [0.15, 0.2) is 11.5 Å². The summed E-state index contributed by atoms with van der Waals surface area (Å²) in [6.07, 6.45) is 1.95. The second-order valence-electron chi connectivity index (χ2n) is 7.96. The number of amides is 1. The predicted octanol–water partition coefficient (Wildman–Crippen LogP) is 5.46. The molecule has 1 fully saturated rings. The zero-order chi connectivity index (χ0) is 22.9. The molecule has 6 nitrogen and oxygen atoms in total. The Bertz CT molecular complexity index is 1300. The fourth-order valence-electron chi connectivity index (χ4n) is 4.68. The molecule has 1 aromatic heterocycles. The highest BCUT2D eigenvalue weighted by Crippen LogP contribution is 2.51. The number of β-lactam (4-membered cyclic amide) rings is 1. The molecule has 168 valence electrons. The van der Waals surface area contributed by atoms with E-state index in [0.29, 0.717) is 18.1 Å². The van der Waals surface area contributed by atoms with E-state index >= 15 is 0 Å². The van der Waals surface area contributed by atoms with Crippen LogP contribution < -0.4 is 19.1 Å². The number of ether oxygens (including phenoxy) is 3. The summed E-state index contributed by atoms with van der Waals surface area (Å²) in [4.78, 5) is 18.8. The summed E-state index contributed by atoms with van der Waals surface area (Å²) in [6.45, 7) is 2.55. The van der Waals surface area contributed by atoms with Crippen LogP contribution >= 0.6 is 0 Å². The van der Waals surface area contributed by atoms with Crippen LogP contribution in [0.2, 0.25) is 0 Å². The fourth-order valence-corrected chi connectivity index (χ4v) is 4.68. The summed E-state index contributed by atoms with van der Waals surface area (Å²) in [7, 11) is 3.24. The van der Waals surface area contributed by atoms with E-state index in [1.165, 1.54) is 0 Å². The summed E-state index contributed by atoms with van der Waals surface area (Å²) in [5, 5.41) is 1.06. The highest BCUT2D eigenvalue weighted by Gasteiger charge is 2.50. The number of H-pyrrole nitrogens is 1. The normalized spacial score (nSPS) is 17.7. The van der Waals surface area contributed by atoms with Gasteiger partial charge in [0.2, 0.25) is 5.91 Å². The molecule has 6 heteroatoms. The molecule has 1 aliphatic heterocycles. The second kappa shape index (κ2) is 8.54. The molecule has 0 bridgehead atoms. The number of fused-ring (bicyclic) bond motifs is 1. The number of hydrogen-bond donors (Lipinski definition) is 1. The van der Waals surface area contributed by atoms with E-state index < -0.39 is 0 Å². The van der Waals surface area contributed by atoms with E-state index in [1.54, 1.807) is 14.2 Å². The van der Waals surface area contributed by atoms with E-state index in [4.69, 9.17) is 14.2 Å². The highest BCUT2D eigenvalue weighted by molar-refractivity contribution is 6.08. The molecule has 4 aromatic rings. The van der Waals surface area contributed by atoms with E-state index in [0.717, 1.165) is 33.5 Å². The fraction of sp³-hybridized carbons (Fsp3) is 0.222. The molecule has 1 amide bonds. The van der Waals surface area contributed by atoms with Gasteiger partial charge < -0.3 is 24.1 Å². The van der Waals surface area contributed by atoms with E-state index in [9.17, 15) is 4.79 Å². The maximum absolute atomic E-state index is 13.6. The van der Waals surface area contributed by atoms with Gasteiger partial charge >= 0.3 is 0 Å². The standard InChI is InChI=1S/C27H26N2O4/c1-4-33-19-12-10-18(11-13-19)29-26(17-9-14-23(31-2)24(15-17)32-3)25(27(29)30)21-16-28-22-8-6-5-7-20(21)22/h5-16,25-26,28H,4H2,1-3H3. The third-order valence-corrected chi connectivity index (χ3v) is 6.23. The van der Waals surface area contributed by atoms with Crippen LogP contribution in [0.4, 0.5) is 5.69 Å². The second-order valence-corrected chi connectivity index (χ2v) is 7.96. The molecule has 2 unspecified atom stereocenters. The van der Waals surface area contributed by atoms with Crippen molar-refractivity contribution >= 4 is 22.5 Å². The predicted molar refractivity (Wildman–Crippen MR) is 128 cm³/mol. The number of aromatic amines is 1. The zero-order valence-electron chi connectivity index (χ0n) is 18.9. The smallest absolute Gasteiger partial charge is 0.237 e. The zero-order valence-corrected chi connectivity index (χ0v) is 18.9. The molecule has 5 rings (SSSR count). The van der Waals surface area contributed by atoms with Gasteiger partial charge in [-0.2, -0.15) is 0 Å². The summed E-state index contributed by atoms with van der Waals surface area (Å²) in [5.41, 5.74) is 3.83. The molecule has 33 heavy (non-hydrogen) atoms. The van der Waals surface area contributed by atoms with Crippen LogP contribution in [0.1, 0.15) is 30.0 Å². The lowest BCUT2D eigenvalue weighted by Crippen LogP contribution is -2.53. The number of benzene rings is 3. The average Bonchev–Trinajstić information content (AvgIpc) is 3.27. The summed E-state index contributed by atoms with van der Waals surface area (Å²) in [6, 6.07) is 21.4. The number of anilines is 1. The molecule has 1 aliphatic rings. The molecule has 1 N–H and O–H groups in total. The average molecular weight is 443 g/mol. The van der Waals surface area contributed by atoms with Gasteiger partial charge in [0.1, 0.15) is 5.75 Å². The van der Waals surface area contributed by atoms with E-state index in [1.807, 2.05) is 78.7 Å². The van der Waals surface area contributed by atoms with Crippen molar-refractivity contribution in [3.8, 4) is 17.2 Å². The number of nitrogens with zero attached hydrogens (tertiary/aromatic N) is 1. The molecule has 0 radical (unpaired) electrons. The largest absolute Gasteiger partial charge is 0.494 e. The monoisotopic (exact) mass is 442 g/mol. The summed E-state index contributed by atoms with van der Waals surface area (Å²) < 4.78 is 16.6. The minimum atomic E-state index is -0.314. The Hall–Kier alpha value is -3.93. The molecule has 0 saturated carbocycles.